The number of aromatic nitrogens is 2. The first-order chi connectivity index (χ1) is 10.3. The van der Waals surface area contributed by atoms with Crippen LogP contribution < -0.4 is 5.32 Å². The number of anilines is 1. The predicted octanol–water partition coefficient (Wildman–Crippen LogP) is 2.78. The van der Waals surface area contributed by atoms with E-state index in [-0.39, 0.29) is 5.91 Å². The number of hydrogen-bond acceptors (Lipinski definition) is 5. The molecule has 110 valence electrons. The van der Waals surface area contributed by atoms with Gasteiger partial charge in [-0.05, 0) is 38.1 Å². The molecule has 0 atom stereocenters. The number of rotatable bonds is 4. The zero-order chi connectivity index (χ0) is 14.5. The largest absolute Gasteiger partial charge is 0.297 e. The molecule has 0 spiro atoms. The molecular weight excluding hydrogens is 284 g/mol. The number of nitrogens with zero attached hydrogens (tertiary/aromatic N) is 3. The molecule has 2 aromatic rings. The summed E-state index contributed by atoms with van der Waals surface area (Å²) in [7, 11) is 0. The van der Waals surface area contributed by atoms with Gasteiger partial charge in [-0.1, -0.05) is 36.0 Å². The van der Waals surface area contributed by atoms with Crippen LogP contribution in [-0.2, 0) is 6.54 Å². The first kappa shape index (κ1) is 14.2. The Bertz CT molecular complexity index is 593. The summed E-state index contributed by atoms with van der Waals surface area (Å²) in [4.78, 5) is 14.4. The van der Waals surface area contributed by atoms with Gasteiger partial charge >= 0.3 is 0 Å². The molecule has 0 saturated carbocycles. The van der Waals surface area contributed by atoms with Gasteiger partial charge in [0.1, 0.15) is 5.01 Å². The number of carbonyl (C=O) groups is 1. The van der Waals surface area contributed by atoms with Crippen LogP contribution in [0.25, 0.3) is 0 Å². The molecule has 5 nitrogen and oxygen atoms in total. The number of likely N-dealkylation sites (tertiary alicyclic amines) is 1. The first-order valence-corrected chi connectivity index (χ1v) is 8.04. The Hall–Kier alpha value is -1.79. The average molecular weight is 302 g/mol. The van der Waals surface area contributed by atoms with E-state index < -0.39 is 0 Å². The lowest BCUT2D eigenvalue weighted by Gasteiger charge is -2.24. The minimum Gasteiger partial charge on any atom is -0.297 e. The van der Waals surface area contributed by atoms with Gasteiger partial charge < -0.3 is 0 Å². The molecule has 0 unspecified atom stereocenters. The standard InChI is InChI=1S/C15H18N4OS/c20-14(12-7-3-1-4-8-12)16-15-18-17-13(21-15)11-19-9-5-2-6-10-19/h1,3-4,7-8H,2,5-6,9-11H2,(H,16,18,20). The van der Waals surface area contributed by atoms with Crippen molar-refractivity contribution in [2.24, 2.45) is 0 Å². The second-order valence-corrected chi connectivity index (χ2v) is 6.22. The zero-order valence-corrected chi connectivity index (χ0v) is 12.6. The predicted molar refractivity (Wildman–Crippen MR) is 83.4 cm³/mol. The van der Waals surface area contributed by atoms with Crippen molar-refractivity contribution in [3.05, 3.63) is 40.9 Å². The summed E-state index contributed by atoms with van der Waals surface area (Å²) in [6.07, 6.45) is 3.85. The van der Waals surface area contributed by atoms with Crippen LogP contribution in [0.2, 0.25) is 0 Å². The molecule has 1 aromatic heterocycles. The van der Waals surface area contributed by atoms with E-state index in [1.54, 1.807) is 12.1 Å². The Morgan fingerprint density at radius 2 is 1.90 bits per heavy atom. The van der Waals surface area contributed by atoms with E-state index in [9.17, 15) is 4.79 Å². The SMILES string of the molecule is O=C(Nc1nnc(CN2CCCCC2)s1)c1ccccc1. The van der Waals surface area contributed by atoms with Crippen LogP contribution in [0.4, 0.5) is 5.13 Å². The monoisotopic (exact) mass is 302 g/mol. The molecule has 1 fully saturated rings. The number of amides is 1. The summed E-state index contributed by atoms with van der Waals surface area (Å²) in [5.41, 5.74) is 0.630. The highest BCUT2D eigenvalue weighted by molar-refractivity contribution is 7.15. The van der Waals surface area contributed by atoms with Crippen LogP contribution in [0.3, 0.4) is 0 Å². The normalized spacial score (nSPS) is 15.8. The van der Waals surface area contributed by atoms with Crippen molar-refractivity contribution < 1.29 is 4.79 Å². The lowest BCUT2D eigenvalue weighted by molar-refractivity contribution is 0.102. The van der Waals surface area contributed by atoms with Crippen molar-refractivity contribution >= 4 is 22.4 Å². The molecule has 6 heteroatoms. The van der Waals surface area contributed by atoms with Gasteiger partial charge in [0.05, 0.1) is 6.54 Å². The van der Waals surface area contributed by atoms with Gasteiger partial charge in [-0.3, -0.25) is 15.0 Å². The minimum absolute atomic E-state index is 0.142. The molecule has 0 radical (unpaired) electrons. The fraction of sp³-hybridized carbons (Fsp3) is 0.400. The molecule has 1 amide bonds. The van der Waals surface area contributed by atoms with Gasteiger partial charge in [-0.25, -0.2) is 0 Å². The van der Waals surface area contributed by atoms with Crippen LogP contribution in [0.5, 0.6) is 0 Å². The van der Waals surface area contributed by atoms with Crippen molar-refractivity contribution in [1.82, 2.24) is 15.1 Å². The second kappa shape index (κ2) is 6.78. The molecule has 0 bridgehead atoms. The van der Waals surface area contributed by atoms with Gasteiger partial charge in [0.2, 0.25) is 5.13 Å². The van der Waals surface area contributed by atoms with E-state index in [0.29, 0.717) is 10.7 Å². The quantitative estimate of drug-likeness (QED) is 0.943. The van der Waals surface area contributed by atoms with E-state index in [0.717, 1.165) is 24.6 Å². The molecule has 21 heavy (non-hydrogen) atoms. The number of nitrogens with one attached hydrogen (secondary N) is 1. The molecule has 1 aliphatic rings. The minimum atomic E-state index is -0.142. The lowest BCUT2D eigenvalue weighted by Crippen LogP contribution is -2.28. The highest BCUT2D eigenvalue weighted by atomic mass is 32.1. The van der Waals surface area contributed by atoms with Gasteiger partial charge in [0, 0.05) is 5.56 Å². The Labute approximate surface area is 128 Å². The van der Waals surface area contributed by atoms with Crippen LogP contribution in [0.1, 0.15) is 34.6 Å². The third-order valence-electron chi connectivity index (χ3n) is 3.53. The van der Waals surface area contributed by atoms with Crippen LogP contribution in [0.15, 0.2) is 30.3 Å². The van der Waals surface area contributed by atoms with E-state index >= 15 is 0 Å². The number of hydrogen-bond donors (Lipinski definition) is 1. The van der Waals surface area contributed by atoms with Crippen molar-refractivity contribution in [3.63, 3.8) is 0 Å². The van der Waals surface area contributed by atoms with Gasteiger partial charge in [0.25, 0.3) is 5.91 Å². The van der Waals surface area contributed by atoms with Crippen LogP contribution in [-0.4, -0.2) is 34.1 Å². The molecule has 1 N–H and O–H groups in total. The molecule has 1 saturated heterocycles. The molecule has 2 heterocycles. The average Bonchev–Trinajstić information content (AvgIpc) is 2.96. The number of carbonyl (C=O) groups excluding carboxylic acids is 1. The molecular formula is C15H18N4OS. The smallest absolute Gasteiger partial charge is 0.257 e. The fourth-order valence-corrected chi connectivity index (χ4v) is 3.21. The van der Waals surface area contributed by atoms with Crippen molar-refractivity contribution in [1.29, 1.82) is 0 Å². The number of benzene rings is 1. The summed E-state index contributed by atoms with van der Waals surface area (Å²) in [5, 5.41) is 12.6. The first-order valence-electron chi connectivity index (χ1n) is 7.22. The maximum Gasteiger partial charge on any atom is 0.257 e. The molecule has 1 aromatic carbocycles. The Morgan fingerprint density at radius 3 is 2.67 bits per heavy atom. The van der Waals surface area contributed by atoms with Gasteiger partial charge in [0.15, 0.2) is 0 Å². The van der Waals surface area contributed by atoms with E-state index in [1.807, 2.05) is 18.2 Å². The summed E-state index contributed by atoms with van der Waals surface area (Å²) in [6.45, 7) is 3.09. The Kier molecular flexibility index (Phi) is 4.57. The van der Waals surface area contributed by atoms with E-state index in [1.165, 1.54) is 30.6 Å². The fourth-order valence-electron chi connectivity index (χ4n) is 2.44. The van der Waals surface area contributed by atoms with Gasteiger partial charge in [-0.15, -0.1) is 10.2 Å². The zero-order valence-electron chi connectivity index (χ0n) is 11.8. The third kappa shape index (κ3) is 3.86. The van der Waals surface area contributed by atoms with E-state index in [4.69, 9.17) is 0 Å². The molecule has 3 rings (SSSR count). The van der Waals surface area contributed by atoms with Crippen molar-refractivity contribution in [3.8, 4) is 0 Å². The van der Waals surface area contributed by atoms with Crippen molar-refractivity contribution in [2.75, 3.05) is 18.4 Å². The lowest BCUT2D eigenvalue weighted by atomic mass is 10.1. The van der Waals surface area contributed by atoms with E-state index in [2.05, 4.69) is 20.4 Å². The number of piperidine rings is 1. The molecule has 0 aliphatic carbocycles. The Morgan fingerprint density at radius 1 is 1.14 bits per heavy atom. The second-order valence-electron chi connectivity index (χ2n) is 5.16. The third-order valence-corrected chi connectivity index (χ3v) is 4.35. The maximum absolute atomic E-state index is 12.0. The van der Waals surface area contributed by atoms with Gasteiger partial charge in [-0.2, -0.15) is 0 Å². The van der Waals surface area contributed by atoms with Crippen LogP contribution >= 0.6 is 11.3 Å². The van der Waals surface area contributed by atoms with Crippen molar-refractivity contribution in [2.45, 2.75) is 25.8 Å². The summed E-state index contributed by atoms with van der Waals surface area (Å²) >= 11 is 1.45. The summed E-state index contributed by atoms with van der Waals surface area (Å²) in [6, 6.07) is 9.14. The summed E-state index contributed by atoms with van der Waals surface area (Å²) in [5.74, 6) is -0.142. The molecule has 1 aliphatic heterocycles. The topological polar surface area (TPSA) is 58.1 Å². The van der Waals surface area contributed by atoms with Crippen LogP contribution in [0, 0.1) is 0 Å². The maximum atomic E-state index is 12.0. The highest BCUT2D eigenvalue weighted by Gasteiger charge is 2.14. The summed E-state index contributed by atoms with van der Waals surface area (Å²) < 4.78 is 0. The highest BCUT2D eigenvalue weighted by Crippen LogP contribution is 2.19. The Balaban J connectivity index is 1.58.